The molecular weight excluding hydrogens is 328 g/mol. The van der Waals surface area contributed by atoms with Crippen molar-refractivity contribution in [2.45, 2.75) is 39.2 Å². The fourth-order valence-electron chi connectivity index (χ4n) is 3.28. The fourth-order valence-corrected chi connectivity index (χ4v) is 4.72. The van der Waals surface area contributed by atoms with Crippen molar-refractivity contribution in [1.82, 2.24) is 0 Å². The minimum atomic E-state index is -3.38. The number of nitrogens with zero attached hydrogens (tertiary/aromatic N) is 1. The molecule has 1 N–H and O–H groups in total. The Hall–Kier alpha value is -1.60. The molecule has 1 atom stereocenters. The summed E-state index contributed by atoms with van der Waals surface area (Å²) in [7, 11) is -3.38. The summed E-state index contributed by atoms with van der Waals surface area (Å²) >= 11 is 0. The Morgan fingerprint density at radius 1 is 1.42 bits per heavy atom. The van der Waals surface area contributed by atoms with Crippen LogP contribution in [0.1, 0.15) is 32.3 Å². The second-order valence-electron chi connectivity index (χ2n) is 6.86. The molecule has 1 aromatic rings. The van der Waals surface area contributed by atoms with E-state index >= 15 is 0 Å². The summed E-state index contributed by atoms with van der Waals surface area (Å²) in [5, 5.41) is 0. The van der Waals surface area contributed by atoms with Gasteiger partial charge in [-0.3, -0.25) is 9.52 Å². The Bertz CT molecular complexity index is 724. The first-order valence-electron chi connectivity index (χ1n) is 8.42. The number of hydrogen-bond donors (Lipinski definition) is 1. The molecule has 0 aliphatic carbocycles. The number of nitrogens with one attached hydrogen (secondary N) is 1. The maximum absolute atomic E-state index is 12.6. The van der Waals surface area contributed by atoms with E-state index in [1.807, 2.05) is 19.9 Å². The van der Waals surface area contributed by atoms with Gasteiger partial charge in [0.25, 0.3) is 5.91 Å². The Kier molecular flexibility index (Phi) is 4.83. The molecule has 7 heteroatoms. The number of benzene rings is 1. The topological polar surface area (TPSA) is 75.7 Å². The second-order valence-corrected chi connectivity index (χ2v) is 8.63. The van der Waals surface area contributed by atoms with Gasteiger partial charge in [-0.1, -0.05) is 19.9 Å². The van der Waals surface area contributed by atoms with Crippen LogP contribution in [0.15, 0.2) is 18.2 Å². The van der Waals surface area contributed by atoms with Gasteiger partial charge in [0.05, 0.1) is 11.4 Å². The van der Waals surface area contributed by atoms with Gasteiger partial charge >= 0.3 is 0 Å². The quantitative estimate of drug-likeness (QED) is 0.881. The summed E-state index contributed by atoms with van der Waals surface area (Å²) in [4.78, 5) is 14.3. The van der Waals surface area contributed by atoms with Crippen molar-refractivity contribution in [1.29, 1.82) is 0 Å². The molecule has 2 aliphatic heterocycles. The van der Waals surface area contributed by atoms with Gasteiger partial charge < -0.3 is 9.64 Å². The van der Waals surface area contributed by atoms with Gasteiger partial charge in [-0.25, -0.2) is 8.42 Å². The van der Waals surface area contributed by atoms with Crippen molar-refractivity contribution < 1.29 is 17.9 Å². The minimum absolute atomic E-state index is 0.0200. The third-order valence-corrected chi connectivity index (χ3v) is 5.93. The van der Waals surface area contributed by atoms with Crippen molar-refractivity contribution in [2.75, 3.05) is 28.5 Å². The number of fused-ring (bicyclic) bond motifs is 1. The summed E-state index contributed by atoms with van der Waals surface area (Å²) in [6.07, 6.45) is 2.09. The average molecular weight is 352 g/mol. The van der Waals surface area contributed by atoms with Crippen LogP contribution in [0.25, 0.3) is 0 Å². The van der Waals surface area contributed by atoms with E-state index in [0.29, 0.717) is 18.8 Å². The standard InChI is InChI=1S/C17H24N2O4S/c1-12(2)11-24(21,22)18-14-6-5-13-7-8-19(15(13)10-14)17(20)16-4-3-9-23-16/h5-6,10,12,16,18H,3-4,7-9,11H2,1-2H3. The van der Waals surface area contributed by atoms with Gasteiger partial charge in [-0.15, -0.1) is 0 Å². The first-order chi connectivity index (χ1) is 11.4. The number of rotatable bonds is 5. The molecule has 6 nitrogen and oxygen atoms in total. The van der Waals surface area contributed by atoms with E-state index < -0.39 is 10.0 Å². The monoisotopic (exact) mass is 352 g/mol. The molecule has 3 rings (SSSR count). The zero-order chi connectivity index (χ0) is 17.3. The summed E-state index contributed by atoms with van der Waals surface area (Å²) in [5.41, 5.74) is 2.36. The van der Waals surface area contributed by atoms with Gasteiger partial charge in [-0.2, -0.15) is 0 Å². The van der Waals surface area contributed by atoms with E-state index in [1.54, 1.807) is 17.0 Å². The second kappa shape index (κ2) is 6.72. The maximum Gasteiger partial charge on any atom is 0.256 e. The molecule has 0 bridgehead atoms. The highest BCUT2D eigenvalue weighted by Crippen LogP contribution is 2.33. The van der Waals surface area contributed by atoms with Crippen LogP contribution in [0.5, 0.6) is 0 Å². The Morgan fingerprint density at radius 2 is 2.21 bits per heavy atom. The van der Waals surface area contributed by atoms with Crippen LogP contribution in [0.4, 0.5) is 11.4 Å². The van der Waals surface area contributed by atoms with Crippen LogP contribution in [0.3, 0.4) is 0 Å². The van der Waals surface area contributed by atoms with Gasteiger partial charge in [0.1, 0.15) is 6.10 Å². The van der Waals surface area contributed by atoms with Crippen LogP contribution in [0.2, 0.25) is 0 Å². The number of carbonyl (C=O) groups excluding carboxylic acids is 1. The fraction of sp³-hybridized carbons (Fsp3) is 0.588. The third kappa shape index (κ3) is 3.72. The molecule has 1 aromatic carbocycles. The lowest BCUT2D eigenvalue weighted by Crippen LogP contribution is -2.37. The average Bonchev–Trinajstić information content (AvgIpc) is 3.14. The predicted octanol–water partition coefficient (Wildman–Crippen LogP) is 2.15. The van der Waals surface area contributed by atoms with Crippen LogP contribution >= 0.6 is 0 Å². The van der Waals surface area contributed by atoms with Crippen molar-refractivity contribution in [3.05, 3.63) is 23.8 Å². The van der Waals surface area contributed by atoms with Gasteiger partial charge in [0, 0.05) is 18.8 Å². The first kappa shape index (κ1) is 17.2. The Balaban J connectivity index is 1.79. The Morgan fingerprint density at radius 3 is 2.88 bits per heavy atom. The molecule has 2 heterocycles. The number of amides is 1. The highest BCUT2D eigenvalue weighted by Gasteiger charge is 2.33. The van der Waals surface area contributed by atoms with Gasteiger partial charge in [0.15, 0.2) is 0 Å². The zero-order valence-electron chi connectivity index (χ0n) is 14.1. The van der Waals surface area contributed by atoms with Crippen LogP contribution in [0, 0.1) is 5.92 Å². The smallest absolute Gasteiger partial charge is 0.256 e. The molecule has 132 valence electrons. The van der Waals surface area contributed by atoms with E-state index in [9.17, 15) is 13.2 Å². The van der Waals surface area contributed by atoms with Crippen LogP contribution < -0.4 is 9.62 Å². The summed E-state index contributed by atoms with van der Waals surface area (Å²) in [6.45, 7) is 4.98. The molecule has 0 spiro atoms. The van der Waals surface area contributed by atoms with Crippen molar-refractivity contribution in [3.63, 3.8) is 0 Å². The largest absolute Gasteiger partial charge is 0.368 e. The highest BCUT2D eigenvalue weighted by atomic mass is 32.2. The number of ether oxygens (including phenoxy) is 1. The van der Waals surface area contributed by atoms with Crippen molar-refractivity contribution in [2.24, 2.45) is 5.92 Å². The molecule has 0 saturated carbocycles. The number of sulfonamides is 1. The summed E-state index contributed by atoms with van der Waals surface area (Å²) in [5.74, 6) is 0.103. The molecule has 24 heavy (non-hydrogen) atoms. The lowest BCUT2D eigenvalue weighted by molar-refractivity contribution is -0.127. The first-order valence-corrected chi connectivity index (χ1v) is 10.1. The van der Waals surface area contributed by atoms with E-state index in [1.165, 1.54) is 0 Å². The Labute approximate surface area is 143 Å². The highest BCUT2D eigenvalue weighted by molar-refractivity contribution is 7.92. The molecule has 0 radical (unpaired) electrons. The van der Waals surface area contributed by atoms with Crippen LogP contribution in [-0.4, -0.2) is 39.3 Å². The molecule has 1 fully saturated rings. The van der Waals surface area contributed by atoms with E-state index in [0.717, 1.165) is 30.5 Å². The molecule has 0 aromatic heterocycles. The minimum Gasteiger partial charge on any atom is -0.368 e. The van der Waals surface area contributed by atoms with E-state index in [4.69, 9.17) is 4.74 Å². The third-order valence-electron chi connectivity index (χ3n) is 4.28. The number of anilines is 2. The van der Waals surface area contributed by atoms with E-state index in [2.05, 4.69) is 4.72 Å². The number of hydrogen-bond acceptors (Lipinski definition) is 4. The molecule has 2 aliphatic rings. The van der Waals surface area contributed by atoms with Crippen molar-refractivity contribution >= 4 is 27.3 Å². The molecule has 1 unspecified atom stereocenters. The molecule has 1 amide bonds. The predicted molar refractivity (Wildman–Crippen MR) is 93.7 cm³/mol. The number of carbonyl (C=O) groups is 1. The summed E-state index contributed by atoms with van der Waals surface area (Å²) < 4.78 is 32.4. The molecule has 1 saturated heterocycles. The molecular formula is C17H24N2O4S. The van der Waals surface area contributed by atoms with E-state index in [-0.39, 0.29) is 23.7 Å². The zero-order valence-corrected chi connectivity index (χ0v) is 14.9. The van der Waals surface area contributed by atoms with Crippen molar-refractivity contribution in [3.8, 4) is 0 Å². The normalized spacial score (nSPS) is 20.5. The van der Waals surface area contributed by atoms with Gasteiger partial charge in [0.2, 0.25) is 10.0 Å². The maximum atomic E-state index is 12.6. The lowest BCUT2D eigenvalue weighted by Gasteiger charge is -2.21. The SMILES string of the molecule is CC(C)CS(=O)(=O)Nc1ccc2c(c1)N(C(=O)C1CCCO1)CC2. The van der Waals surface area contributed by atoms with Crippen LogP contribution in [-0.2, 0) is 26.0 Å². The summed E-state index contributed by atoms with van der Waals surface area (Å²) in [6, 6.07) is 5.41. The lowest BCUT2D eigenvalue weighted by atomic mass is 10.1. The van der Waals surface area contributed by atoms with Gasteiger partial charge in [-0.05, 0) is 42.9 Å².